The average molecular weight is 297 g/mol. The lowest BCUT2D eigenvalue weighted by atomic mass is 9.96. The van der Waals surface area contributed by atoms with E-state index < -0.39 is 0 Å². The zero-order chi connectivity index (χ0) is 12.1. The molecule has 0 aliphatic heterocycles. The standard InChI is InChI=1S/C11H13BrN4O/c12-10-9(7-14-16-11(10)17)15-13-6-8-4-2-1-3-5-8/h1-2,6-8H,3-5H2,(H2,15,16,17)/b13-6-/t8-/m1/s1. The van der Waals surface area contributed by atoms with Crippen LogP contribution in [0.15, 0.2) is 32.7 Å². The first-order chi connectivity index (χ1) is 8.27. The summed E-state index contributed by atoms with van der Waals surface area (Å²) >= 11 is 3.18. The van der Waals surface area contributed by atoms with Crippen LogP contribution < -0.4 is 11.0 Å². The summed E-state index contributed by atoms with van der Waals surface area (Å²) in [5.41, 5.74) is 3.11. The molecule has 0 radical (unpaired) electrons. The van der Waals surface area contributed by atoms with E-state index in [1.807, 2.05) is 6.21 Å². The number of allylic oxidation sites excluding steroid dienone is 2. The number of aromatic amines is 1. The fraction of sp³-hybridized carbons (Fsp3) is 0.364. The Hall–Kier alpha value is -1.43. The summed E-state index contributed by atoms with van der Waals surface area (Å²) in [6.07, 6.45) is 11.0. The zero-order valence-corrected chi connectivity index (χ0v) is 10.8. The molecule has 1 aliphatic carbocycles. The lowest BCUT2D eigenvalue weighted by molar-refractivity contribution is 0.627. The van der Waals surface area contributed by atoms with Gasteiger partial charge in [-0.2, -0.15) is 10.2 Å². The van der Waals surface area contributed by atoms with Crippen molar-refractivity contribution in [1.29, 1.82) is 0 Å². The van der Waals surface area contributed by atoms with E-state index in [1.165, 1.54) is 6.20 Å². The van der Waals surface area contributed by atoms with Crippen molar-refractivity contribution in [2.24, 2.45) is 11.0 Å². The summed E-state index contributed by atoms with van der Waals surface area (Å²) in [6, 6.07) is 0. The fourth-order valence-electron chi connectivity index (χ4n) is 1.63. The van der Waals surface area contributed by atoms with Gasteiger partial charge in [0.2, 0.25) is 0 Å². The molecule has 0 saturated carbocycles. The Bertz CT molecular complexity index is 494. The van der Waals surface area contributed by atoms with Crippen LogP contribution in [0.2, 0.25) is 0 Å². The van der Waals surface area contributed by atoms with Crippen LogP contribution in [0.5, 0.6) is 0 Å². The minimum absolute atomic E-state index is 0.272. The highest BCUT2D eigenvalue weighted by Crippen LogP contribution is 2.17. The summed E-state index contributed by atoms with van der Waals surface area (Å²) in [5.74, 6) is 0.473. The van der Waals surface area contributed by atoms with Crippen molar-refractivity contribution in [3.63, 3.8) is 0 Å². The van der Waals surface area contributed by atoms with Crippen molar-refractivity contribution < 1.29 is 0 Å². The Morgan fingerprint density at radius 2 is 2.47 bits per heavy atom. The predicted octanol–water partition coefficient (Wildman–Crippen LogP) is 2.29. The summed E-state index contributed by atoms with van der Waals surface area (Å²) in [6.45, 7) is 0. The van der Waals surface area contributed by atoms with Crippen LogP contribution in [0.3, 0.4) is 0 Å². The summed E-state index contributed by atoms with van der Waals surface area (Å²) in [4.78, 5) is 11.2. The first kappa shape index (κ1) is 12.0. The monoisotopic (exact) mass is 296 g/mol. The molecule has 90 valence electrons. The highest BCUT2D eigenvalue weighted by atomic mass is 79.9. The number of anilines is 1. The number of hydrazone groups is 1. The average Bonchev–Trinajstić information content (AvgIpc) is 2.36. The van der Waals surface area contributed by atoms with Gasteiger partial charge >= 0.3 is 0 Å². The van der Waals surface area contributed by atoms with Crippen LogP contribution in [0, 0.1) is 5.92 Å². The Balaban J connectivity index is 1.97. The van der Waals surface area contributed by atoms with Crippen molar-refractivity contribution in [2.45, 2.75) is 19.3 Å². The number of nitrogens with zero attached hydrogens (tertiary/aromatic N) is 2. The van der Waals surface area contributed by atoms with E-state index in [4.69, 9.17) is 0 Å². The van der Waals surface area contributed by atoms with Crippen LogP contribution in [0.4, 0.5) is 5.69 Å². The third kappa shape index (κ3) is 3.26. The summed E-state index contributed by atoms with van der Waals surface area (Å²) < 4.78 is 0.410. The van der Waals surface area contributed by atoms with Gasteiger partial charge in [-0.05, 0) is 41.1 Å². The largest absolute Gasteiger partial charge is 0.280 e. The molecular formula is C11H13BrN4O. The predicted molar refractivity (Wildman–Crippen MR) is 71.2 cm³/mol. The highest BCUT2D eigenvalue weighted by Gasteiger charge is 2.07. The van der Waals surface area contributed by atoms with Crippen molar-refractivity contribution >= 4 is 27.8 Å². The van der Waals surface area contributed by atoms with Gasteiger partial charge < -0.3 is 0 Å². The molecule has 2 rings (SSSR count). The van der Waals surface area contributed by atoms with Gasteiger partial charge in [-0.15, -0.1) is 0 Å². The molecule has 1 heterocycles. The van der Waals surface area contributed by atoms with Gasteiger partial charge in [-0.25, -0.2) is 5.10 Å². The van der Waals surface area contributed by atoms with E-state index >= 15 is 0 Å². The summed E-state index contributed by atoms with van der Waals surface area (Å²) in [7, 11) is 0. The minimum Gasteiger partial charge on any atom is -0.276 e. The molecule has 0 amide bonds. The molecule has 6 heteroatoms. The minimum atomic E-state index is -0.272. The van der Waals surface area contributed by atoms with Gasteiger partial charge in [0.15, 0.2) is 0 Å². The van der Waals surface area contributed by atoms with Crippen molar-refractivity contribution in [3.8, 4) is 0 Å². The van der Waals surface area contributed by atoms with Crippen molar-refractivity contribution in [1.82, 2.24) is 10.2 Å². The molecule has 17 heavy (non-hydrogen) atoms. The van der Waals surface area contributed by atoms with E-state index in [-0.39, 0.29) is 5.56 Å². The lowest BCUT2D eigenvalue weighted by Crippen LogP contribution is -2.11. The molecule has 0 bridgehead atoms. The maximum Gasteiger partial charge on any atom is 0.280 e. The molecule has 0 aromatic carbocycles. The number of H-pyrrole nitrogens is 1. The number of nitrogens with one attached hydrogen (secondary N) is 2. The van der Waals surface area contributed by atoms with Crippen molar-refractivity contribution in [3.05, 3.63) is 33.2 Å². The van der Waals surface area contributed by atoms with Crippen LogP contribution in [0.1, 0.15) is 19.3 Å². The van der Waals surface area contributed by atoms with Gasteiger partial charge in [-0.3, -0.25) is 10.2 Å². The third-order valence-corrected chi connectivity index (χ3v) is 3.36. The fourth-order valence-corrected chi connectivity index (χ4v) is 1.91. The van der Waals surface area contributed by atoms with Crippen LogP contribution in [0.25, 0.3) is 0 Å². The number of halogens is 1. The Kier molecular flexibility index (Phi) is 4.08. The molecule has 1 aromatic heterocycles. The molecular weight excluding hydrogens is 284 g/mol. The number of hydrogen-bond donors (Lipinski definition) is 2. The normalized spacial score (nSPS) is 19.7. The third-order valence-electron chi connectivity index (χ3n) is 2.58. The van der Waals surface area contributed by atoms with E-state index in [0.29, 0.717) is 16.1 Å². The molecule has 1 atom stereocenters. The molecule has 0 fully saturated rings. The molecule has 1 aliphatic rings. The Morgan fingerprint density at radius 3 is 3.24 bits per heavy atom. The maximum absolute atomic E-state index is 11.2. The second-order valence-electron chi connectivity index (χ2n) is 3.86. The molecule has 0 unspecified atom stereocenters. The summed E-state index contributed by atoms with van der Waals surface area (Å²) in [5, 5.41) is 10.2. The first-order valence-corrected chi connectivity index (χ1v) is 6.24. The van der Waals surface area contributed by atoms with Crippen molar-refractivity contribution in [2.75, 3.05) is 5.43 Å². The quantitative estimate of drug-likeness (QED) is 0.511. The van der Waals surface area contributed by atoms with Gasteiger partial charge in [-0.1, -0.05) is 12.2 Å². The van der Waals surface area contributed by atoms with Crippen LogP contribution in [-0.4, -0.2) is 16.4 Å². The molecule has 2 N–H and O–H groups in total. The van der Waals surface area contributed by atoms with Gasteiger partial charge in [0, 0.05) is 6.21 Å². The second-order valence-corrected chi connectivity index (χ2v) is 4.65. The van der Waals surface area contributed by atoms with Gasteiger partial charge in [0.25, 0.3) is 5.56 Å². The number of aromatic nitrogens is 2. The van der Waals surface area contributed by atoms with Crippen LogP contribution in [-0.2, 0) is 0 Å². The number of hydrogen-bond acceptors (Lipinski definition) is 4. The first-order valence-electron chi connectivity index (χ1n) is 5.45. The Morgan fingerprint density at radius 1 is 1.59 bits per heavy atom. The Labute approximate surface area is 107 Å². The SMILES string of the molecule is O=c1[nH]ncc(N/N=C\[C@@H]2CC=CCC2)c1Br. The maximum atomic E-state index is 11.2. The number of rotatable bonds is 3. The van der Waals surface area contributed by atoms with E-state index in [0.717, 1.165) is 19.3 Å². The van der Waals surface area contributed by atoms with Crippen LogP contribution >= 0.6 is 15.9 Å². The second kappa shape index (κ2) is 5.77. The topological polar surface area (TPSA) is 70.1 Å². The smallest absolute Gasteiger partial charge is 0.276 e. The van der Waals surface area contributed by atoms with E-state index in [1.54, 1.807) is 0 Å². The highest BCUT2D eigenvalue weighted by molar-refractivity contribution is 9.10. The van der Waals surface area contributed by atoms with Gasteiger partial charge in [0.1, 0.15) is 4.47 Å². The molecule has 0 saturated heterocycles. The van der Waals surface area contributed by atoms with Gasteiger partial charge in [0.05, 0.1) is 11.9 Å². The lowest BCUT2D eigenvalue weighted by Gasteiger charge is -2.11. The zero-order valence-electron chi connectivity index (χ0n) is 9.19. The van der Waals surface area contributed by atoms with E-state index in [2.05, 4.69) is 48.8 Å². The molecule has 5 nitrogen and oxygen atoms in total. The molecule has 0 spiro atoms. The van der Waals surface area contributed by atoms with E-state index in [9.17, 15) is 4.79 Å². The molecule has 1 aromatic rings.